The predicted octanol–water partition coefficient (Wildman–Crippen LogP) is 2.71. The highest BCUT2D eigenvalue weighted by Crippen LogP contribution is 2.29. The molecule has 0 unspecified atom stereocenters. The van der Waals surface area contributed by atoms with Gasteiger partial charge in [0.2, 0.25) is 0 Å². The van der Waals surface area contributed by atoms with E-state index >= 15 is 0 Å². The molecule has 0 saturated heterocycles. The molecule has 1 fully saturated rings. The smallest absolute Gasteiger partial charge is 0.168 e. The van der Waals surface area contributed by atoms with E-state index in [4.69, 9.17) is 14.9 Å². The Balaban J connectivity index is 1.79. The normalized spacial score (nSPS) is 23.9. The van der Waals surface area contributed by atoms with Gasteiger partial charge in [0.15, 0.2) is 11.6 Å². The van der Waals surface area contributed by atoms with Crippen LogP contribution in [-0.2, 0) is 0 Å². The van der Waals surface area contributed by atoms with Crippen LogP contribution in [0.1, 0.15) is 25.7 Å². The van der Waals surface area contributed by atoms with Crippen LogP contribution in [0.5, 0.6) is 11.5 Å². The molecule has 3 nitrogen and oxygen atoms in total. The van der Waals surface area contributed by atoms with Gasteiger partial charge in [0.05, 0.1) is 6.61 Å². The zero-order valence-corrected chi connectivity index (χ0v) is 10.3. The van der Waals surface area contributed by atoms with Crippen LogP contribution in [0, 0.1) is 17.7 Å². The van der Waals surface area contributed by atoms with E-state index in [-0.39, 0.29) is 12.4 Å². The molecule has 1 aromatic rings. The quantitative estimate of drug-likeness (QED) is 0.868. The summed E-state index contributed by atoms with van der Waals surface area (Å²) in [6.45, 7) is 0.846. The minimum absolute atomic E-state index is 0.275. The maximum absolute atomic E-state index is 13.1. The molecular weight excluding hydrogens is 235 g/mol. The fraction of sp³-hybridized carbons (Fsp3) is 0.571. The van der Waals surface area contributed by atoms with Crippen LogP contribution in [0.4, 0.5) is 4.39 Å². The Bertz CT molecular complexity index is 387. The lowest BCUT2D eigenvalue weighted by Gasteiger charge is -2.27. The van der Waals surface area contributed by atoms with Gasteiger partial charge in [0, 0.05) is 12.7 Å². The Morgan fingerprint density at radius 1 is 1.17 bits per heavy atom. The molecule has 0 aliphatic heterocycles. The number of aliphatic hydroxyl groups is 1. The summed E-state index contributed by atoms with van der Waals surface area (Å²) >= 11 is 0. The molecule has 18 heavy (non-hydrogen) atoms. The number of rotatable bonds is 4. The maximum atomic E-state index is 13.1. The van der Waals surface area contributed by atoms with Crippen LogP contribution in [-0.4, -0.2) is 23.4 Å². The van der Waals surface area contributed by atoms with Gasteiger partial charge < -0.3 is 14.9 Å². The first-order valence-corrected chi connectivity index (χ1v) is 6.41. The highest BCUT2D eigenvalue weighted by molar-refractivity contribution is 5.31. The first-order chi connectivity index (χ1) is 8.69. The summed E-state index contributed by atoms with van der Waals surface area (Å²) in [5.74, 6) is 0.355. The zero-order valence-electron chi connectivity index (χ0n) is 10.3. The van der Waals surface area contributed by atoms with Crippen molar-refractivity contribution in [3.63, 3.8) is 0 Å². The van der Waals surface area contributed by atoms with E-state index in [1.54, 1.807) is 6.07 Å². The summed E-state index contributed by atoms with van der Waals surface area (Å²) in [5, 5.41) is 18.1. The molecule has 0 atom stereocenters. The number of halogens is 1. The SMILES string of the molecule is OCC1CCC(COc2ccc(O)c(F)c2)CC1. The maximum Gasteiger partial charge on any atom is 0.168 e. The van der Waals surface area contributed by atoms with Crippen molar-refractivity contribution in [2.45, 2.75) is 25.7 Å². The van der Waals surface area contributed by atoms with E-state index < -0.39 is 5.82 Å². The highest BCUT2D eigenvalue weighted by Gasteiger charge is 2.21. The van der Waals surface area contributed by atoms with E-state index in [0.717, 1.165) is 25.7 Å². The van der Waals surface area contributed by atoms with Gasteiger partial charge in [-0.2, -0.15) is 0 Å². The van der Waals surface area contributed by atoms with Crippen LogP contribution < -0.4 is 4.74 Å². The number of phenols is 1. The molecule has 4 heteroatoms. The molecule has 0 spiro atoms. The van der Waals surface area contributed by atoms with Crippen LogP contribution >= 0.6 is 0 Å². The van der Waals surface area contributed by atoms with Gasteiger partial charge in [-0.1, -0.05) is 0 Å². The average Bonchev–Trinajstić information content (AvgIpc) is 2.41. The Morgan fingerprint density at radius 3 is 2.44 bits per heavy atom. The second-order valence-corrected chi connectivity index (χ2v) is 4.99. The Hall–Kier alpha value is -1.29. The molecule has 1 aliphatic carbocycles. The molecule has 0 aromatic heterocycles. The van der Waals surface area contributed by atoms with Crippen molar-refractivity contribution in [2.75, 3.05) is 13.2 Å². The lowest BCUT2D eigenvalue weighted by Crippen LogP contribution is -2.21. The van der Waals surface area contributed by atoms with Gasteiger partial charge in [0.25, 0.3) is 0 Å². The number of aliphatic hydroxyl groups excluding tert-OH is 1. The molecule has 100 valence electrons. The Labute approximate surface area is 106 Å². The summed E-state index contributed by atoms with van der Waals surface area (Å²) in [7, 11) is 0. The number of hydrogen-bond donors (Lipinski definition) is 2. The number of phenolic OH excluding ortho intramolecular Hbond substituents is 1. The zero-order chi connectivity index (χ0) is 13.0. The van der Waals surface area contributed by atoms with E-state index in [9.17, 15) is 4.39 Å². The number of hydrogen-bond acceptors (Lipinski definition) is 3. The Morgan fingerprint density at radius 2 is 1.83 bits per heavy atom. The molecule has 1 aliphatic rings. The third-order valence-corrected chi connectivity index (χ3v) is 3.63. The van der Waals surface area contributed by atoms with Gasteiger partial charge in [0.1, 0.15) is 5.75 Å². The summed E-state index contributed by atoms with van der Waals surface area (Å²) in [6, 6.07) is 4.07. The summed E-state index contributed by atoms with van der Waals surface area (Å²) in [4.78, 5) is 0. The fourth-order valence-electron chi connectivity index (χ4n) is 2.37. The molecular formula is C14H19FO3. The van der Waals surface area contributed by atoms with Crippen LogP contribution in [0.25, 0.3) is 0 Å². The van der Waals surface area contributed by atoms with Gasteiger partial charge in [-0.3, -0.25) is 0 Å². The van der Waals surface area contributed by atoms with Crippen molar-refractivity contribution in [3.05, 3.63) is 24.0 Å². The molecule has 2 N–H and O–H groups in total. The second-order valence-electron chi connectivity index (χ2n) is 4.99. The average molecular weight is 254 g/mol. The van der Waals surface area contributed by atoms with Gasteiger partial charge in [-0.05, 0) is 49.7 Å². The van der Waals surface area contributed by atoms with E-state index in [2.05, 4.69) is 0 Å². The van der Waals surface area contributed by atoms with Crippen LogP contribution in [0.15, 0.2) is 18.2 Å². The number of benzene rings is 1. The predicted molar refractivity (Wildman–Crippen MR) is 66.1 cm³/mol. The van der Waals surface area contributed by atoms with Crippen LogP contribution in [0.3, 0.4) is 0 Å². The standard InChI is InChI=1S/C14H19FO3/c15-13-7-12(5-6-14(13)17)18-9-11-3-1-10(8-16)2-4-11/h5-7,10-11,16-17H,1-4,8-9H2. The summed E-state index contributed by atoms with van der Waals surface area (Å²) in [6.07, 6.45) is 4.17. The van der Waals surface area contributed by atoms with Crippen LogP contribution in [0.2, 0.25) is 0 Å². The second kappa shape index (κ2) is 6.05. The van der Waals surface area contributed by atoms with Gasteiger partial charge in [-0.15, -0.1) is 0 Å². The van der Waals surface area contributed by atoms with Crippen molar-refractivity contribution >= 4 is 0 Å². The van der Waals surface area contributed by atoms with Gasteiger partial charge in [-0.25, -0.2) is 4.39 Å². The third-order valence-electron chi connectivity index (χ3n) is 3.63. The molecule has 1 saturated carbocycles. The van der Waals surface area contributed by atoms with Gasteiger partial charge >= 0.3 is 0 Å². The molecule has 0 amide bonds. The number of ether oxygens (including phenoxy) is 1. The lowest BCUT2D eigenvalue weighted by atomic mass is 9.83. The van der Waals surface area contributed by atoms with E-state index in [1.165, 1.54) is 12.1 Å². The van der Waals surface area contributed by atoms with Crippen molar-refractivity contribution < 1.29 is 19.3 Å². The fourth-order valence-corrected chi connectivity index (χ4v) is 2.37. The lowest BCUT2D eigenvalue weighted by molar-refractivity contribution is 0.139. The minimum Gasteiger partial charge on any atom is -0.505 e. The summed E-state index contributed by atoms with van der Waals surface area (Å²) < 4.78 is 18.6. The molecule has 0 radical (unpaired) electrons. The highest BCUT2D eigenvalue weighted by atomic mass is 19.1. The number of aromatic hydroxyl groups is 1. The van der Waals surface area contributed by atoms with Crippen molar-refractivity contribution in [3.8, 4) is 11.5 Å². The molecule has 1 aromatic carbocycles. The summed E-state index contributed by atoms with van der Waals surface area (Å²) in [5.41, 5.74) is 0. The van der Waals surface area contributed by atoms with E-state index in [0.29, 0.717) is 24.2 Å². The first kappa shape index (κ1) is 13.1. The van der Waals surface area contributed by atoms with Crippen molar-refractivity contribution in [2.24, 2.45) is 11.8 Å². The van der Waals surface area contributed by atoms with Crippen molar-refractivity contribution in [1.82, 2.24) is 0 Å². The van der Waals surface area contributed by atoms with Crippen molar-refractivity contribution in [1.29, 1.82) is 0 Å². The minimum atomic E-state index is -0.656. The molecule has 2 rings (SSSR count). The first-order valence-electron chi connectivity index (χ1n) is 6.41. The topological polar surface area (TPSA) is 49.7 Å². The monoisotopic (exact) mass is 254 g/mol. The third kappa shape index (κ3) is 3.35. The van der Waals surface area contributed by atoms with E-state index in [1.807, 2.05) is 0 Å². The Kier molecular flexibility index (Phi) is 4.42. The molecule has 0 bridgehead atoms. The molecule has 0 heterocycles. The largest absolute Gasteiger partial charge is 0.505 e.